The lowest BCUT2D eigenvalue weighted by atomic mass is 10.2. The second-order valence-corrected chi connectivity index (χ2v) is 2.74. The van der Waals surface area contributed by atoms with Crippen molar-refractivity contribution in [1.82, 2.24) is 4.98 Å². The molecule has 0 aliphatic rings. The van der Waals surface area contributed by atoms with Crippen molar-refractivity contribution in [3.63, 3.8) is 0 Å². The van der Waals surface area contributed by atoms with Gasteiger partial charge in [-0.2, -0.15) is 4.39 Å². The molecule has 17 heavy (non-hydrogen) atoms. The number of hydrogen-bond donors (Lipinski definition) is 0. The highest BCUT2D eigenvalue weighted by Gasteiger charge is 2.34. The highest BCUT2D eigenvalue weighted by molar-refractivity contribution is 5.92. The molecule has 1 aromatic heterocycles. The summed E-state index contributed by atoms with van der Waals surface area (Å²) >= 11 is 0. The van der Waals surface area contributed by atoms with Crippen LogP contribution >= 0.6 is 0 Å². The molecule has 0 radical (unpaired) electrons. The summed E-state index contributed by atoms with van der Waals surface area (Å²) in [7, 11) is 0. The maximum atomic E-state index is 13.1. The van der Waals surface area contributed by atoms with Gasteiger partial charge in [-0.3, -0.25) is 0 Å². The summed E-state index contributed by atoms with van der Waals surface area (Å²) in [6.07, 6.45) is -4.28. The van der Waals surface area contributed by atoms with Crippen molar-refractivity contribution in [2.24, 2.45) is 0 Å². The number of pyridine rings is 1. The highest BCUT2D eigenvalue weighted by atomic mass is 19.4. The topological polar surface area (TPSA) is 48.4 Å². The summed E-state index contributed by atoms with van der Waals surface area (Å²) in [6, 6.07) is 0.725. The van der Waals surface area contributed by atoms with Crippen LogP contribution in [0.15, 0.2) is 12.3 Å². The smallest absolute Gasteiger partial charge is 0.462 e. The quantitative estimate of drug-likeness (QED) is 0.471. The second-order valence-electron chi connectivity index (χ2n) is 2.74. The lowest BCUT2D eigenvalue weighted by Gasteiger charge is -2.12. The standard InChI is InChI=1S/C9H7F4NO3/c1-2-16-8(15)6-5(17-9(11,12)13)3-4-14-7(6)10/h3-4H,2H2,1H3. The molecule has 0 amide bonds. The lowest BCUT2D eigenvalue weighted by Crippen LogP contribution is -2.20. The summed E-state index contributed by atoms with van der Waals surface area (Å²) in [4.78, 5) is 14.3. The molecule has 0 atom stereocenters. The molecule has 0 saturated carbocycles. The predicted octanol–water partition coefficient (Wildman–Crippen LogP) is 2.30. The maximum Gasteiger partial charge on any atom is 0.573 e. The lowest BCUT2D eigenvalue weighted by molar-refractivity contribution is -0.274. The Bertz CT molecular complexity index is 419. The van der Waals surface area contributed by atoms with Gasteiger partial charge in [0.05, 0.1) is 6.61 Å². The molecule has 0 saturated heterocycles. The fourth-order valence-corrected chi connectivity index (χ4v) is 1.02. The third kappa shape index (κ3) is 3.58. The first-order valence-electron chi connectivity index (χ1n) is 4.42. The average Bonchev–Trinajstić information content (AvgIpc) is 2.15. The minimum Gasteiger partial charge on any atom is -0.462 e. The van der Waals surface area contributed by atoms with E-state index in [0.717, 1.165) is 12.3 Å². The third-order valence-corrected chi connectivity index (χ3v) is 1.57. The van der Waals surface area contributed by atoms with Gasteiger partial charge in [-0.25, -0.2) is 9.78 Å². The van der Waals surface area contributed by atoms with E-state index in [4.69, 9.17) is 0 Å². The summed E-state index contributed by atoms with van der Waals surface area (Å²) in [5.74, 6) is -3.63. The number of nitrogens with zero attached hydrogens (tertiary/aromatic N) is 1. The normalized spacial score (nSPS) is 11.1. The summed E-state index contributed by atoms with van der Waals surface area (Å²) in [6.45, 7) is 1.31. The zero-order valence-corrected chi connectivity index (χ0v) is 8.55. The molecule has 0 unspecified atom stereocenters. The van der Waals surface area contributed by atoms with Gasteiger partial charge in [0, 0.05) is 6.20 Å². The van der Waals surface area contributed by atoms with Crippen LogP contribution in [0.1, 0.15) is 17.3 Å². The number of carbonyl (C=O) groups is 1. The van der Waals surface area contributed by atoms with Crippen molar-refractivity contribution in [3.05, 3.63) is 23.8 Å². The number of aromatic nitrogens is 1. The maximum absolute atomic E-state index is 13.1. The van der Waals surface area contributed by atoms with E-state index < -0.39 is 29.6 Å². The molecule has 0 aliphatic carbocycles. The van der Waals surface area contributed by atoms with Gasteiger partial charge in [-0.1, -0.05) is 0 Å². The van der Waals surface area contributed by atoms with E-state index in [9.17, 15) is 22.4 Å². The Labute approximate surface area is 93.2 Å². The number of rotatable bonds is 3. The van der Waals surface area contributed by atoms with Crippen LogP contribution in [0.5, 0.6) is 5.75 Å². The molecule has 0 fully saturated rings. The average molecular weight is 253 g/mol. The summed E-state index contributed by atoms with van der Waals surface area (Å²) in [5.41, 5.74) is -0.980. The summed E-state index contributed by atoms with van der Waals surface area (Å²) < 4.78 is 57.0. The zero-order chi connectivity index (χ0) is 13.1. The van der Waals surface area contributed by atoms with Gasteiger partial charge in [0.15, 0.2) is 5.56 Å². The van der Waals surface area contributed by atoms with Crippen LogP contribution in [-0.4, -0.2) is 23.9 Å². The molecule has 0 spiro atoms. The van der Waals surface area contributed by atoms with Gasteiger partial charge in [-0.15, -0.1) is 13.2 Å². The van der Waals surface area contributed by atoms with E-state index in [-0.39, 0.29) is 6.61 Å². The molecule has 1 aromatic rings. The number of hydrogen-bond acceptors (Lipinski definition) is 4. The van der Waals surface area contributed by atoms with Crippen LogP contribution < -0.4 is 4.74 Å². The first-order chi connectivity index (χ1) is 7.85. The molecule has 94 valence electrons. The van der Waals surface area contributed by atoms with Gasteiger partial charge in [0.25, 0.3) is 0 Å². The molecule has 8 heteroatoms. The van der Waals surface area contributed by atoms with Crippen molar-refractivity contribution in [2.75, 3.05) is 6.61 Å². The fraction of sp³-hybridized carbons (Fsp3) is 0.333. The van der Waals surface area contributed by atoms with E-state index >= 15 is 0 Å². The van der Waals surface area contributed by atoms with E-state index in [0.29, 0.717) is 0 Å². The minimum absolute atomic E-state index is 0.112. The number of ether oxygens (including phenoxy) is 2. The van der Waals surface area contributed by atoms with Crippen molar-refractivity contribution in [3.8, 4) is 5.75 Å². The molecule has 0 N–H and O–H groups in total. The Hall–Kier alpha value is -1.86. The Morgan fingerprint density at radius 2 is 2.12 bits per heavy atom. The van der Waals surface area contributed by atoms with Crippen LogP contribution in [0, 0.1) is 5.95 Å². The monoisotopic (exact) mass is 253 g/mol. The van der Waals surface area contributed by atoms with Crippen LogP contribution in [0.3, 0.4) is 0 Å². The van der Waals surface area contributed by atoms with Crippen LogP contribution in [0.25, 0.3) is 0 Å². The van der Waals surface area contributed by atoms with Gasteiger partial charge in [0.1, 0.15) is 5.75 Å². The van der Waals surface area contributed by atoms with E-state index in [2.05, 4.69) is 14.5 Å². The van der Waals surface area contributed by atoms with Gasteiger partial charge in [0.2, 0.25) is 5.95 Å². The second kappa shape index (κ2) is 4.98. The molecule has 0 bridgehead atoms. The molecule has 0 aliphatic heterocycles. The van der Waals surface area contributed by atoms with E-state index in [1.807, 2.05) is 0 Å². The summed E-state index contributed by atoms with van der Waals surface area (Å²) in [5, 5.41) is 0. The highest BCUT2D eigenvalue weighted by Crippen LogP contribution is 2.27. The van der Waals surface area contributed by atoms with Gasteiger partial charge >= 0.3 is 12.3 Å². The van der Waals surface area contributed by atoms with Crippen LogP contribution in [0.4, 0.5) is 17.6 Å². The minimum atomic E-state index is -5.03. The Morgan fingerprint density at radius 3 is 2.65 bits per heavy atom. The number of esters is 1. The number of carbonyl (C=O) groups excluding carboxylic acids is 1. The Morgan fingerprint density at radius 1 is 1.47 bits per heavy atom. The largest absolute Gasteiger partial charge is 0.573 e. The van der Waals surface area contributed by atoms with Gasteiger partial charge in [-0.05, 0) is 13.0 Å². The van der Waals surface area contributed by atoms with Crippen molar-refractivity contribution in [2.45, 2.75) is 13.3 Å². The molecular weight excluding hydrogens is 246 g/mol. The van der Waals surface area contributed by atoms with Gasteiger partial charge < -0.3 is 9.47 Å². The molecule has 4 nitrogen and oxygen atoms in total. The first-order valence-corrected chi connectivity index (χ1v) is 4.42. The molecular formula is C9H7F4NO3. The number of halogens is 4. The Kier molecular flexibility index (Phi) is 3.87. The molecule has 0 aromatic carbocycles. The third-order valence-electron chi connectivity index (χ3n) is 1.57. The first kappa shape index (κ1) is 13.2. The number of alkyl halides is 3. The van der Waals surface area contributed by atoms with Crippen LogP contribution in [0.2, 0.25) is 0 Å². The van der Waals surface area contributed by atoms with Crippen LogP contribution in [-0.2, 0) is 4.74 Å². The van der Waals surface area contributed by atoms with Crippen molar-refractivity contribution < 1.29 is 31.8 Å². The predicted molar refractivity (Wildman–Crippen MR) is 46.8 cm³/mol. The Balaban J connectivity index is 3.13. The SMILES string of the molecule is CCOC(=O)c1c(OC(F)(F)F)ccnc1F. The fourth-order valence-electron chi connectivity index (χ4n) is 1.02. The molecule has 1 heterocycles. The van der Waals surface area contributed by atoms with E-state index in [1.165, 1.54) is 6.92 Å². The van der Waals surface area contributed by atoms with Crippen molar-refractivity contribution in [1.29, 1.82) is 0 Å². The zero-order valence-electron chi connectivity index (χ0n) is 8.55. The molecule has 1 rings (SSSR count). The van der Waals surface area contributed by atoms with E-state index in [1.54, 1.807) is 0 Å². The van der Waals surface area contributed by atoms with Crippen molar-refractivity contribution >= 4 is 5.97 Å².